The molecular formula is C47H90N4O8. The van der Waals surface area contributed by atoms with E-state index in [1.165, 1.54) is 89.9 Å². The van der Waals surface area contributed by atoms with Gasteiger partial charge in [0.25, 0.3) is 0 Å². The van der Waals surface area contributed by atoms with Crippen LogP contribution in [0.1, 0.15) is 214 Å². The highest BCUT2D eigenvalue weighted by Crippen LogP contribution is 2.12. The zero-order valence-electron chi connectivity index (χ0n) is 38.7. The van der Waals surface area contributed by atoms with Crippen LogP contribution in [0.25, 0.3) is 0 Å². The zero-order chi connectivity index (χ0) is 43.7. The number of carbonyl (C=O) groups is 5. The van der Waals surface area contributed by atoms with Gasteiger partial charge in [0.2, 0.25) is 11.8 Å². The van der Waals surface area contributed by atoms with Crippen LogP contribution >= 0.6 is 0 Å². The van der Waals surface area contributed by atoms with Gasteiger partial charge in [-0.3, -0.25) is 19.2 Å². The molecule has 3 N–H and O–H groups in total. The van der Waals surface area contributed by atoms with Crippen molar-refractivity contribution in [2.45, 2.75) is 220 Å². The van der Waals surface area contributed by atoms with Crippen molar-refractivity contribution < 1.29 is 38.2 Å². The first-order valence-corrected chi connectivity index (χ1v) is 24.0. The Morgan fingerprint density at radius 2 is 0.797 bits per heavy atom. The summed E-state index contributed by atoms with van der Waals surface area (Å²) in [7, 11) is 0. The molecule has 3 amide bonds. The lowest BCUT2D eigenvalue weighted by Gasteiger charge is -2.23. The maximum absolute atomic E-state index is 12.6. The predicted molar refractivity (Wildman–Crippen MR) is 239 cm³/mol. The number of esters is 2. The van der Waals surface area contributed by atoms with Crippen LogP contribution in [-0.4, -0.2) is 92.8 Å². The SMILES string of the molecule is CCCCCCCCCCCOC(=O)CCCCCNC(=O)CCN(CCNC(=O)OC(C)(C)C)CCC(=O)NCCCCCC(=O)OCCCCCCCCCCC. The highest BCUT2D eigenvalue weighted by Gasteiger charge is 2.17. The van der Waals surface area contributed by atoms with Crippen molar-refractivity contribution in [3.8, 4) is 0 Å². The molecule has 59 heavy (non-hydrogen) atoms. The molecule has 0 saturated carbocycles. The van der Waals surface area contributed by atoms with Crippen molar-refractivity contribution >= 4 is 29.8 Å². The van der Waals surface area contributed by atoms with Gasteiger partial charge in [-0.05, 0) is 59.3 Å². The molecular weight excluding hydrogens is 749 g/mol. The average Bonchev–Trinajstić information content (AvgIpc) is 3.19. The molecule has 0 aliphatic heterocycles. The van der Waals surface area contributed by atoms with Crippen molar-refractivity contribution in [1.29, 1.82) is 0 Å². The number of carbonyl (C=O) groups excluding carboxylic acids is 5. The molecule has 0 atom stereocenters. The number of amides is 3. The van der Waals surface area contributed by atoms with Crippen LogP contribution in [0.5, 0.6) is 0 Å². The molecule has 346 valence electrons. The molecule has 0 spiro atoms. The van der Waals surface area contributed by atoms with E-state index in [1.54, 1.807) is 20.8 Å². The van der Waals surface area contributed by atoms with Crippen molar-refractivity contribution in [3.63, 3.8) is 0 Å². The van der Waals surface area contributed by atoms with Gasteiger partial charge < -0.3 is 35.1 Å². The molecule has 0 aliphatic carbocycles. The summed E-state index contributed by atoms with van der Waals surface area (Å²) in [5, 5.41) is 8.68. The number of rotatable bonds is 41. The monoisotopic (exact) mass is 839 g/mol. The Kier molecular flexibility index (Phi) is 38.5. The van der Waals surface area contributed by atoms with Gasteiger partial charge in [0.05, 0.1) is 13.2 Å². The summed E-state index contributed by atoms with van der Waals surface area (Å²) >= 11 is 0. The van der Waals surface area contributed by atoms with Gasteiger partial charge in [0.15, 0.2) is 0 Å². The second-order valence-electron chi connectivity index (χ2n) is 17.2. The lowest BCUT2D eigenvalue weighted by Crippen LogP contribution is -2.40. The molecule has 0 aromatic rings. The molecule has 0 fully saturated rings. The first kappa shape index (κ1) is 56.1. The Balaban J connectivity index is 4.21. The minimum absolute atomic E-state index is 0.0766. The van der Waals surface area contributed by atoms with Gasteiger partial charge in [-0.25, -0.2) is 4.79 Å². The number of unbranched alkanes of at least 4 members (excludes halogenated alkanes) is 20. The molecule has 0 aliphatic rings. The molecule has 0 heterocycles. The van der Waals surface area contributed by atoms with Gasteiger partial charge in [-0.1, -0.05) is 129 Å². The summed E-state index contributed by atoms with van der Waals surface area (Å²) in [5.41, 5.74) is -0.606. The highest BCUT2D eigenvalue weighted by atomic mass is 16.6. The fourth-order valence-corrected chi connectivity index (χ4v) is 6.60. The Morgan fingerprint density at radius 1 is 0.424 bits per heavy atom. The quantitative estimate of drug-likeness (QED) is 0.0310. The standard InChI is InChI=1S/C47H90N4O8/c1-6-8-10-12-14-16-18-20-28-40-57-44(54)30-24-22-26-34-48-42(52)32-37-51(39-36-50-46(56)59-47(3,4)5)38-33-43(53)49-35-27-23-25-31-45(55)58-41-29-21-19-17-15-13-11-9-7-2/h6-41H2,1-5H3,(H,48,52)(H,49,53)(H,50,56). The van der Waals surface area contributed by atoms with Crippen LogP contribution < -0.4 is 16.0 Å². The normalized spacial score (nSPS) is 11.4. The van der Waals surface area contributed by atoms with E-state index in [1.807, 2.05) is 4.90 Å². The van der Waals surface area contributed by atoms with Crippen molar-refractivity contribution in [1.82, 2.24) is 20.9 Å². The van der Waals surface area contributed by atoms with E-state index in [0.717, 1.165) is 64.2 Å². The lowest BCUT2D eigenvalue weighted by molar-refractivity contribution is -0.144. The van der Waals surface area contributed by atoms with Crippen LogP contribution in [0.15, 0.2) is 0 Å². The van der Waals surface area contributed by atoms with Crippen molar-refractivity contribution in [3.05, 3.63) is 0 Å². The molecule has 0 bridgehead atoms. The van der Waals surface area contributed by atoms with Crippen molar-refractivity contribution in [2.24, 2.45) is 0 Å². The average molecular weight is 839 g/mol. The number of nitrogens with zero attached hydrogens (tertiary/aromatic N) is 1. The van der Waals surface area contributed by atoms with Crippen LogP contribution in [0, 0.1) is 0 Å². The fraction of sp³-hybridized carbons (Fsp3) is 0.894. The van der Waals surface area contributed by atoms with E-state index in [2.05, 4.69) is 29.8 Å². The predicted octanol–water partition coefficient (Wildman–Crippen LogP) is 10.1. The van der Waals surface area contributed by atoms with E-state index in [4.69, 9.17) is 14.2 Å². The smallest absolute Gasteiger partial charge is 0.407 e. The summed E-state index contributed by atoms with van der Waals surface area (Å²) in [6.45, 7) is 13.6. The highest BCUT2D eigenvalue weighted by molar-refractivity contribution is 5.76. The van der Waals surface area contributed by atoms with Crippen LogP contribution in [-0.2, 0) is 33.4 Å². The molecule has 0 rings (SSSR count). The molecule has 0 radical (unpaired) electrons. The van der Waals surface area contributed by atoms with Gasteiger partial charge in [0, 0.05) is 65.0 Å². The number of alkyl carbamates (subject to hydrolysis) is 1. The summed E-state index contributed by atoms with van der Waals surface area (Å²) in [6, 6.07) is 0. The number of hydrogen-bond acceptors (Lipinski definition) is 9. The Bertz CT molecular complexity index is 988. The zero-order valence-corrected chi connectivity index (χ0v) is 38.7. The van der Waals surface area contributed by atoms with Gasteiger partial charge in [-0.15, -0.1) is 0 Å². The molecule has 12 heteroatoms. The molecule has 0 saturated heterocycles. The Morgan fingerprint density at radius 3 is 1.19 bits per heavy atom. The van der Waals surface area contributed by atoms with E-state index < -0.39 is 11.7 Å². The fourth-order valence-electron chi connectivity index (χ4n) is 6.60. The summed E-state index contributed by atoms with van der Waals surface area (Å²) in [4.78, 5) is 63.5. The topological polar surface area (TPSA) is 152 Å². The van der Waals surface area contributed by atoms with E-state index >= 15 is 0 Å². The van der Waals surface area contributed by atoms with Crippen molar-refractivity contribution in [2.75, 3.05) is 52.5 Å². The summed E-state index contributed by atoms with van der Waals surface area (Å²) in [6.07, 6.45) is 27.7. The van der Waals surface area contributed by atoms with Crippen LogP contribution in [0.3, 0.4) is 0 Å². The van der Waals surface area contributed by atoms with E-state index in [-0.39, 0.29) is 36.6 Å². The van der Waals surface area contributed by atoms with E-state index in [9.17, 15) is 24.0 Å². The Labute approximate surface area is 360 Å². The molecule has 0 aromatic heterocycles. The minimum Gasteiger partial charge on any atom is -0.466 e. The third-order valence-corrected chi connectivity index (χ3v) is 10.2. The number of nitrogens with one attached hydrogen (secondary N) is 3. The maximum Gasteiger partial charge on any atom is 0.407 e. The first-order valence-electron chi connectivity index (χ1n) is 24.0. The minimum atomic E-state index is -0.606. The van der Waals surface area contributed by atoms with Gasteiger partial charge in [-0.2, -0.15) is 0 Å². The largest absolute Gasteiger partial charge is 0.466 e. The van der Waals surface area contributed by atoms with E-state index in [0.29, 0.717) is 65.3 Å². The summed E-state index contributed by atoms with van der Waals surface area (Å²) in [5.74, 6) is -0.437. The Hall–Kier alpha value is -2.89. The first-order chi connectivity index (χ1) is 28.5. The maximum atomic E-state index is 12.6. The van der Waals surface area contributed by atoms with Crippen LogP contribution in [0.2, 0.25) is 0 Å². The third kappa shape index (κ3) is 43.0. The second kappa shape index (κ2) is 40.5. The van der Waals surface area contributed by atoms with Gasteiger partial charge >= 0.3 is 18.0 Å². The molecule has 0 unspecified atom stereocenters. The number of ether oxygens (including phenoxy) is 3. The molecule has 0 aromatic carbocycles. The molecule has 12 nitrogen and oxygen atoms in total. The second-order valence-corrected chi connectivity index (χ2v) is 17.2. The van der Waals surface area contributed by atoms with Gasteiger partial charge in [0.1, 0.15) is 5.60 Å². The summed E-state index contributed by atoms with van der Waals surface area (Å²) < 4.78 is 16.1. The third-order valence-electron chi connectivity index (χ3n) is 10.2. The number of hydrogen-bond donors (Lipinski definition) is 3. The lowest BCUT2D eigenvalue weighted by atomic mass is 10.1. The van der Waals surface area contributed by atoms with Crippen LogP contribution in [0.4, 0.5) is 4.79 Å².